The maximum atomic E-state index is 9.07. The van der Waals surface area contributed by atoms with Gasteiger partial charge in [-0.3, -0.25) is 5.32 Å². The maximum absolute atomic E-state index is 9.07. The Labute approximate surface area is 87.7 Å². The van der Waals surface area contributed by atoms with Crippen molar-refractivity contribution in [3.05, 3.63) is 0 Å². The molecule has 1 N–H and O–H groups in total. The highest BCUT2D eigenvalue weighted by atomic mass is 15.0. The van der Waals surface area contributed by atoms with Crippen molar-refractivity contribution in [1.29, 1.82) is 5.26 Å². The van der Waals surface area contributed by atoms with Crippen LogP contribution < -0.4 is 5.32 Å². The van der Waals surface area contributed by atoms with Crippen LogP contribution in [0.5, 0.6) is 0 Å². The quantitative estimate of drug-likeness (QED) is 0.730. The van der Waals surface area contributed by atoms with Crippen LogP contribution >= 0.6 is 0 Å². The van der Waals surface area contributed by atoms with E-state index in [2.05, 4.69) is 25.2 Å². The van der Waals surface area contributed by atoms with Gasteiger partial charge < -0.3 is 0 Å². The average Bonchev–Trinajstić information content (AvgIpc) is 2.66. The zero-order valence-electron chi connectivity index (χ0n) is 9.42. The van der Waals surface area contributed by atoms with Crippen LogP contribution in [-0.2, 0) is 0 Å². The number of nitrogens with zero attached hydrogens (tertiary/aromatic N) is 1. The Bertz CT molecular complexity index is 189. The molecule has 2 unspecified atom stereocenters. The van der Waals surface area contributed by atoms with Gasteiger partial charge in [-0.2, -0.15) is 5.26 Å². The Morgan fingerprint density at radius 2 is 2.07 bits per heavy atom. The van der Waals surface area contributed by atoms with Gasteiger partial charge in [-0.25, -0.2) is 0 Å². The third-order valence-electron chi connectivity index (χ3n) is 3.22. The van der Waals surface area contributed by atoms with Gasteiger partial charge in [0.05, 0.1) is 12.1 Å². The molecule has 0 aliphatic heterocycles. The molecular formula is C12H22N2. The van der Waals surface area contributed by atoms with E-state index in [9.17, 15) is 0 Å². The molecule has 1 aliphatic rings. The topological polar surface area (TPSA) is 35.8 Å². The van der Waals surface area contributed by atoms with E-state index in [1.54, 1.807) is 0 Å². The van der Waals surface area contributed by atoms with E-state index >= 15 is 0 Å². The average molecular weight is 194 g/mol. The minimum Gasteiger partial charge on any atom is -0.299 e. The van der Waals surface area contributed by atoms with Gasteiger partial charge in [0, 0.05) is 6.04 Å². The zero-order chi connectivity index (χ0) is 10.4. The van der Waals surface area contributed by atoms with Crippen LogP contribution in [0.2, 0.25) is 0 Å². The molecule has 2 atom stereocenters. The van der Waals surface area contributed by atoms with Crippen LogP contribution in [0.3, 0.4) is 0 Å². The van der Waals surface area contributed by atoms with Crippen molar-refractivity contribution in [3.63, 3.8) is 0 Å². The van der Waals surface area contributed by atoms with Crippen molar-refractivity contribution in [3.8, 4) is 6.07 Å². The van der Waals surface area contributed by atoms with Crippen molar-refractivity contribution in [2.24, 2.45) is 5.92 Å². The normalized spacial score (nSPS) is 21.8. The Hall–Kier alpha value is -0.550. The highest BCUT2D eigenvalue weighted by molar-refractivity contribution is 4.95. The van der Waals surface area contributed by atoms with Gasteiger partial charge in [-0.05, 0) is 25.2 Å². The summed E-state index contributed by atoms with van der Waals surface area (Å²) in [6.45, 7) is 4.36. The largest absolute Gasteiger partial charge is 0.299 e. The molecule has 0 radical (unpaired) electrons. The fourth-order valence-corrected chi connectivity index (χ4v) is 2.30. The predicted molar refractivity (Wildman–Crippen MR) is 58.9 cm³/mol. The molecule has 0 bridgehead atoms. The summed E-state index contributed by atoms with van der Waals surface area (Å²) in [6.07, 6.45) is 7.51. The highest BCUT2D eigenvalue weighted by Crippen LogP contribution is 2.20. The maximum Gasteiger partial charge on any atom is 0.0980 e. The van der Waals surface area contributed by atoms with Gasteiger partial charge in [0.15, 0.2) is 0 Å². The van der Waals surface area contributed by atoms with E-state index in [0.29, 0.717) is 12.0 Å². The molecule has 0 heterocycles. The number of nitrogens with one attached hydrogen (secondary N) is 1. The molecule has 0 saturated heterocycles. The van der Waals surface area contributed by atoms with E-state index in [0.717, 1.165) is 6.42 Å². The van der Waals surface area contributed by atoms with Gasteiger partial charge >= 0.3 is 0 Å². The van der Waals surface area contributed by atoms with Gasteiger partial charge in [0.25, 0.3) is 0 Å². The molecule has 0 aromatic rings. The summed E-state index contributed by atoms with van der Waals surface area (Å²) < 4.78 is 0. The highest BCUT2D eigenvalue weighted by Gasteiger charge is 2.22. The summed E-state index contributed by atoms with van der Waals surface area (Å²) in [6, 6.07) is 3.08. The number of nitriles is 1. The number of hydrogen-bond acceptors (Lipinski definition) is 2. The molecule has 1 aliphatic carbocycles. The lowest BCUT2D eigenvalue weighted by molar-refractivity contribution is 0.371. The minimum absolute atomic E-state index is 0.0676. The first-order chi connectivity index (χ1) is 6.77. The van der Waals surface area contributed by atoms with Crippen molar-refractivity contribution in [1.82, 2.24) is 5.32 Å². The molecule has 2 heteroatoms. The van der Waals surface area contributed by atoms with E-state index in [-0.39, 0.29) is 6.04 Å². The third kappa shape index (κ3) is 3.31. The molecule has 0 aromatic heterocycles. The van der Waals surface area contributed by atoms with E-state index < -0.39 is 0 Å². The van der Waals surface area contributed by atoms with Crippen molar-refractivity contribution >= 4 is 0 Å². The van der Waals surface area contributed by atoms with Crippen molar-refractivity contribution in [2.75, 3.05) is 0 Å². The summed E-state index contributed by atoms with van der Waals surface area (Å²) in [7, 11) is 0. The molecule has 1 rings (SSSR count). The van der Waals surface area contributed by atoms with Crippen LogP contribution in [0.4, 0.5) is 0 Å². The lowest BCUT2D eigenvalue weighted by Gasteiger charge is -2.22. The molecule has 0 aromatic carbocycles. The van der Waals surface area contributed by atoms with Gasteiger partial charge in [-0.15, -0.1) is 0 Å². The molecule has 0 spiro atoms. The van der Waals surface area contributed by atoms with Crippen molar-refractivity contribution in [2.45, 2.75) is 64.5 Å². The van der Waals surface area contributed by atoms with Crippen LogP contribution in [0, 0.1) is 17.2 Å². The fraction of sp³-hybridized carbons (Fsp3) is 0.917. The third-order valence-corrected chi connectivity index (χ3v) is 3.22. The summed E-state index contributed by atoms with van der Waals surface area (Å²) in [4.78, 5) is 0. The molecule has 1 saturated carbocycles. The smallest absolute Gasteiger partial charge is 0.0980 e. The molecule has 80 valence electrons. The number of hydrogen-bond donors (Lipinski definition) is 1. The van der Waals surface area contributed by atoms with E-state index in [1.165, 1.54) is 32.1 Å². The second-order valence-corrected chi connectivity index (χ2v) is 4.52. The van der Waals surface area contributed by atoms with Gasteiger partial charge in [-0.1, -0.05) is 33.1 Å². The second-order valence-electron chi connectivity index (χ2n) is 4.52. The number of rotatable bonds is 5. The lowest BCUT2D eigenvalue weighted by atomic mass is 9.97. The Morgan fingerprint density at radius 1 is 1.43 bits per heavy atom. The van der Waals surface area contributed by atoms with Crippen LogP contribution in [0.1, 0.15) is 52.4 Å². The summed E-state index contributed by atoms with van der Waals surface area (Å²) in [5.41, 5.74) is 0. The monoisotopic (exact) mass is 194 g/mol. The van der Waals surface area contributed by atoms with Crippen molar-refractivity contribution < 1.29 is 0 Å². The van der Waals surface area contributed by atoms with E-state index in [1.807, 2.05) is 0 Å². The molecule has 0 amide bonds. The van der Waals surface area contributed by atoms with E-state index in [4.69, 9.17) is 5.26 Å². The minimum atomic E-state index is 0.0676. The van der Waals surface area contributed by atoms with Gasteiger partial charge in [0.2, 0.25) is 0 Å². The van der Waals surface area contributed by atoms with Crippen LogP contribution in [-0.4, -0.2) is 12.1 Å². The Kier molecular flexibility index (Phi) is 4.97. The summed E-state index contributed by atoms with van der Waals surface area (Å²) in [5, 5.41) is 12.6. The molecule has 14 heavy (non-hydrogen) atoms. The first-order valence-corrected chi connectivity index (χ1v) is 5.93. The Balaban J connectivity index is 2.34. The fourth-order valence-electron chi connectivity index (χ4n) is 2.30. The van der Waals surface area contributed by atoms with Crippen LogP contribution in [0.15, 0.2) is 0 Å². The predicted octanol–water partition coefficient (Wildman–Crippen LogP) is 2.85. The molecular weight excluding hydrogens is 172 g/mol. The summed E-state index contributed by atoms with van der Waals surface area (Å²) in [5.74, 6) is 0.491. The first kappa shape index (κ1) is 11.5. The second kappa shape index (κ2) is 6.03. The van der Waals surface area contributed by atoms with Gasteiger partial charge in [0.1, 0.15) is 0 Å². The SMILES string of the molecule is CCCC(C)C(C#N)NC1CCCC1. The molecule has 1 fully saturated rings. The first-order valence-electron chi connectivity index (χ1n) is 5.93. The molecule has 2 nitrogen and oxygen atoms in total. The zero-order valence-corrected chi connectivity index (χ0v) is 9.42. The van der Waals surface area contributed by atoms with Crippen LogP contribution in [0.25, 0.3) is 0 Å². The summed E-state index contributed by atoms with van der Waals surface area (Å²) >= 11 is 0. The lowest BCUT2D eigenvalue weighted by Crippen LogP contribution is -2.39. The standard InChI is InChI=1S/C12H22N2/c1-3-6-10(2)12(9-13)14-11-7-4-5-8-11/h10-12,14H,3-8H2,1-2H3. The Morgan fingerprint density at radius 3 is 2.57 bits per heavy atom.